The van der Waals surface area contributed by atoms with Crippen LogP contribution in [-0.2, 0) is 33.2 Å². The number of hydrogen-bond donors (Lipinski definition) is 0. The first-order valence-corrected chi connectivity index (χ1v) is 11.6. The Labute approximate surface area is 142 Å². The Balaban J connectivity index is 3.30. The first kappa shape index (κ1) is 19.9. The number of aryl methyl sites for hydroxylation is 1. The van der Waals surface area contributed by atoms with Gasteiger partial charge in [-0.05, 0) is 25.7 Å². The van der Waals surface area contributed by atoms with E-state index in [0.717, 1.165) is 0 Å². The van der Waals surface area contributed by atoms with E-state index in [1.165, 1.54) is 11.7 Å². The first-order valence-electron chi connectivity index (χ1n) is 6.87. The van der Waals surface area contributed by atoms with Crippen molar-refractivity contribution in [1.82, 2.24) is 9.78 Å². The van der Waals surface area contributed by atoms with E-state index in [9.17, 15) is 8.42 Å². The van der Waals surface area contributed by atoms with Gasteiger partial charge < -0.3 is 9.05 Å². The average molecular weight is 389 g/mol. The van der Waals surface area contributed by atoms with E-state index in [4.69, 9.17) is 32.5 Å². The molecule has 1 unspecified atom stereocenters. The van der Waals surface area contributed by atoms with Crippen molar-refractivity contribution in [2.75, 3.05) is 5.75 Å². The molecule has 0 spiro atoms. The first-order chi connectivity index (χ1) is 9.94. The Morgan fingerprint density at radius 1 is 1.36 bits per heavy atom. The summed E-state index contributed by atoms with van der Waals surface area (Å²) in [4.78, 5) is 0. The number of rotatable bonds is 7. The highest BCUT2D eigenvalue weighted by Gasteiger charge is 2.32. The maximum absolute atomic E-state index is 12.1. The van der Waals surface area contributed by atoms with Crippen molar-refractivity contribution < 1.29 is 17.5 Å². The summed E-state index contributed by atoms with van der Waals surface area (Å²) in [5.74, 6) is -0.0686. The van der Waals surface area contributed by atoms with Gasteiger partial charge in [-0.1, -0.05) is 32.4 Å². The summed E-state index contributed by atoms with van der Waals surface area (Å²) in [6, 6.07) is 0. The molecule has 6 nitrogen and oxygen atoms in total. The predicted molar refractivity (Wildman–Crippen MR) is 92.2 cm³/mol. The minimum atomic E-state index is -3.51. The molecule has 1 rings (SSSR count). The van der Waals surface area contributed by atoms with Gasteiger partial charge in [0.2, 0.25) is 6.49 Å². The van der Waals surface area contributed by atoms with Gasteiger partial charge >= 0.3 is 0 Å². The van der Waals surface area contributed by atoms with E-state index in [-0.39, 0.29) is 33.4 Å². The van der Waals surface area contributed by atoms with Gasteiger partial charge in [0.1, 0.15) is 5.02 Å². The molecule has 0 aromatic carbocycles. The summed E-state index contributed by atoms with van der Waals surface area (Å²) in [6.07, 6.45) is -0.116. The summed E-state index contributed by atoms with van der Waals surface area (Å²) in [5.41, 5.74) is -0.0609. The average Bonchev–Trinajstić information content (AvgIpc) is 2.63. The molecular formula is C12H22ClN2O4PS2. The van der Waals surface area contributed by atoms with Crippen LogP contribution in [0.3, 0.4) is 0 Å². The summed E-state index contributed by atoms with van der Waals surface area (Å²) in [5, 5.41) is 3.95. The predicted octanol–water partition coefficient (Wildman–Crippen LogP) is 3.39. The van der Waals surface area contributed by atoms with Crippen molar-refractivity contribution in [3.63, 3.8) is 0 Å². The minimum Gasteiger partial charge on any atom is -0.422 e. The third-order valence-corrected chi connectivity index (χ3v) is 9.21. The molecule has 22 heavy (non-hydrogen) atoms. The van der Waals surface area contributed by atoms with Gasteiger partial charge in [0.15, 0.2) is 14.9 Å². The summed E-state index contributed by atoms with van der Waals surface area (Å²) >= 11 is 11.7. The SMILES string of the molecule is CCS(=O)(=O)c1c(Cl)c(OP(=S)(OC(C)C)C(C)C)nn1C. The third-order valence-electron chi connectivity index (χ3n) is 2.79. The normalized spacial score (nSPS) is 15.3. The fourth-order valence-electron chi connectivity index (χ4n) is 1.65. The number of aromatic nitrogens is 2. The Hall–Kier alpha value is -0.140. The van der Waals surface area contributed by atoms with Crippen molar-refractivity contribution in [1.29, 1.82) is 0 Å². The lowest BCUT2D eigenvalue weighted by atomic mass is 10.5. The van der Waals surface area contributed by atoms with E-state index in [0.29, 0.717) is 0 Å². The van der Waals surface area contributed by atoms with Gasteiger partial charge in [0.25, 0.3) is 5.88 Å². The molecule has 128 valence electrons. The van der Waals surface area contributed by atoms with Crippen molar-refractivity contribution >= 4 is 39.7 Å². The van der Waals surface area contributed by atoms with Crippen LogP contribution in [0.25, 0.3) is 0 Å². The van der Waals surface area contributed by atoms with Gasteiger partial charge in [-0.15, -0.1) is 5.10 Å². The van der Waals surface area contributed by atoms with E-state index >= 15 is 0 Å². The molecule has 1 aromatic heterocycles. The summed E-state index contributed by atoms with van der Waals surface area (Å²) in [7, 11) is -2.01. The highest BCUT2D eigenvalue weighted by Crippen LogP contribution is 2.55. The van der Waals surface area contributed by atoms with Crippen LogP contribution in [0.1, 0.15) is 34.6 Å². The topological polar surface area (TPSA) is 70.4 Å². The third kappa shape index (κ3) is 4.23. The zero-order valence-electron chi connectivity index (χ0n) is 13.5. The lowest BCUT2D eigenvalue weighted by Gasteiger charge is -2.27. The molecule has 1 atom stereocenters. The standard InChI is InChI=1S/C12H22ClN2O4PS2/c1-7-22(16,17)12-10(13)11(14-15(12)6)19-20(21,9(4)5)18-8(2)3/h8-9H,7H2,1-6H3. The molecule has 0 saturated carbocycles. The second-order valence-corrected chi connectivity index (χ2v) is 11.9. The molecule has 0 amide bonds. The van der Waals surface area contributed by atoms with Crippen molar-refractivity contribution in [2.45, 2.75) is 51.4 Å². The maximum Gasteiger partial charge on any atom is 0.258 e. The lowest BCUT2D eigenvalue weighted by molar-refractivity contribution is 0.237. The second-order valence-electron chi connectivity index (χ2n) is 5.33. The van der Waals surface area contributed by atoms with E-state index < -0.39 is 16.3 Å². The molecule has 0 N–H and O–H groups in total. The number of sulfone groups is 1. The highest BCUT2D eigenvalue weighted by atomic mass is 35.5. The molecule has 0 bridgehead atoms. The van der Waals surface area contributed by atoms with Crippen molar-refractivity contribution in [3.8, 4) is 5.88 Å². The van der Waals surface area contributed by atoms with Gasteiger partial charge in [0.05, 0.1) is 11.9 Å². The van der Waals surface area contributed by atoms with E-state index in [2.05, 4.69) is 5.10 Å². The fraction of sp³-hybridized carbons (Fsp3) is 0.750. The number of halogens is 1. The molecule has 0 fully saturated rings. The molecular weight excluding hydrogens is 367 g/mol. The molecule has 0 aliphatic rings. The van der Waals surface area contributed by atoms with Crippen LogP contribution in [0, 0.1) is 0 Å². The van der Waals surface area contributed by atoms with Gasteiger partial charge in [-0.25, -0.2) is 8.42 Å². The van der Waals surface area contributed by atoms with Gasteiger partial charge in [-0.3, -0.25) is 4.68 Å². The molecule has 0 saturated heterocycles. The van der Waals surface area contributed by atoms with Gasteiger partial charge in [-0.2, -0.15) is 0 Å². The monoisotopic (exact) mass is 388 g/mol. The Morgan fingerprint density at radius 2 is 1.91 bits per heavy atom. The van der Waals surface area contributed by atoms with Crippen LogP contribution in [0.2, 0.25) is 5.02 Å². The van der Waals surface area contributed by atoms with Gasteiger partial charge in [0, 0.05) is 12.7 Å². The molecule has 10 heteroatoms. The van der Waals surface area contributed by atoms with Crippen molar-refractivity contribution in [2.24, 2.45) is 7.05 Å². The summed E-state index contributed by atoms with van der Waals surface area (Å²) in [6.45, 7) is 6.36. The molecule has 0 aliphatic heterocycles. The number of hydrogen-bond acceptors (Lipinski definition) is 6. The quantitative estimate of drug-likeness (QED) is 0.667. The highest BCUT2D eigenvalue weighted by molar-refractivity contribution is 8.10. The van der Waals surface area contributed by atoms with Crippen LogP contribution >= 0.6 is 18.1 Å². The van der Waals surface area contributed by atoms with Crippen LogP contribution in [0.15, 0.2) is 5.03 Å². The zero-order chi connectivity index (χ0) is 17.3. The number of nitrogens with zero attached hydrogens (tertiary/aromatic N) is 2. The largest absolute Gasteiger partial charge is 0.422 e. The van der Waals surface area contributed by atoms with Crippen LogP contribution in [0.5, 0.6) is 5.88 Å². The Kier molecular flexibility index (Phi) is 6.49. The minimum absolute atomic E-state index is 0.00822. The summed E-state index contributed by atoms with van der Waals surface area (Å²) < 4.78 is 36.9. The smallest absolute Gasteiger partial charge is 0.258 e. The zero-order valence-corrected chi connectivity index (χ0v) is 16.8. The maximum atomic E-state index is 12.1. The fourth-order valence-corrected chi connectivity index (χ4v) is 5.52. The second kappa shape index (κ2) is 7.18. The van der Waals surface area contributed by atoms with E-state index in [1.807, 2.05) is 27.7 Å². The Morgan fingerprint density at radius 3 is 2.32 bits per heavy atom. The molecule has 1 heterocycles. The lowest BCUT2D eigenvalue weighted by Crippen LogP contribution is -2.12. The van der Waals surface area contributed by atoms with Crippen molar-refractivity contribution in [3.05, 3.63) is 5.02 Å². The van der Waals surface area contributed by atoms with Crippen LogP contribution in [-0.4, -0.2) is 35.7 Å². The Bertz CT molecular complexity index is 686. The van der Waals surface area contributed by atoms with E-state index in [1.54, 1.807) is 6.92 Å². The van der Waals surface area contributed by atoms with Crippen LogP contribution < -0.4 is 4.52 Å². The molecule has 0 aliphatic carbocycles. The van der Waals surface area contributed by atoms with Crippen LogP contribution in [0.4, 0.5) is 0 Å². The molecule has 1 aromatic rings. The molecule has 0 radical (unpaired) electrons.